The van der Waals surface area contributed by atoms with Gasteiger partial charge in [0.2, 0.25) is 0 Å². The van der Waals surface area contributed by atoms with E-state index in [1.165, 1.54) is 0 Å². The van der Waals surface area contributed by atoms with Gasteiger partial charge in [-0.2, -0.15) is 5.10 Å². The van der Waals surface area contributed by atoms with Crippen molar-refractivity contribution in [2.45, 2.75) is 27.7 Å². The second kappa shape index (κ2) is 6.79. The third-order valence-corrected chi connectivity index (χ3v) is 2.32. The average Bonchev–Trinajstić information content (AvgIpc) is 2.27. The SMILES string of the molecule is Cc1cccc(C)c1OCC(=O)NN=CC(C)C. The van der Waals surface area contributed by atoms with Gasteiger partial charge in [-0.25, -0.2) is 5.43 Å². The molecule has 4 nitrogen and oxygen atoms in total. The summed E-state index contributed by atoms with van der Waals surface area (Å²) in [4.78, 5) is 11.5. The molecule has 0 aliphatic carbocycles. The average molecular weight is 248 g/mol. The zero-order chi connectivity index (χ0) is 13.5. The molecule has 0 heterocycles. The number of nitrogens with zero attached hydrogens (tertiary/aromatic N) is 1. The third-order valence-electron chi connectivity index (χ3n) is 2.32. The van der Waals surface area contributed by atoms with Gasteiger partial charge >= 0.3 is 0 Å². The Morgan fingerprint density at radius 2 is 2.00 bits per heavy atom. The van der Waals surface area contributed by atoms with Crippen molar-refractivity contribution in [3.05, 3.63) is 29.3 Å². The molecule has 0 fully saturated rings. The van der Waals surface area contributed by atoms with Gasteiger partial charge < -0.3 is 4.74 Å². The zero-order valence-electron chi connectivity index (χ0n) is 11.4. The van der Waals surface area contributed by atoms with Crippen LogP contribution in [0, 0.1) is 19.8 Å². The van der Waals surface area contributed by atoms with Crippen molar-refractivity contribution in [1.82, 2.24) is 5.43 Å². The van der Waals surface area contributed by atoms with E-state index in [-0.39, 0.29) is 12.5 Å². The van der Waals surface area contributed by atoms with Gasteiger partial charge in [0.15, 0.2) is 6.61 Å². The smallest absolute Gasteiger partial charge is 0.277 e. The Morgan fingerprint density at radius 3 is 2.56 bits per heavy atom. The Balaban J connectivity index is 2.48. The highest BCUT2D eigenvalue weighted by Gasteiger charge is 2.06. The van der Waals surface area contributed by atoms with Crippen LogP contribution in [0.2, 0.25) is 0 Å². The van der Waals surface area contributed by atoms with E-state index in [4.69, 9.17) is 4.74 Å². The highest BCUT2D eigenvalue weighted by Crippen LogP contribution is 2.21. The fraction of sp³-hybridized carbons (Fsp3) is 0.429. The molecule has 0 saturated heterocycles. The highest BCUT2D eigenvalue weighted by molar-refractivity contribution is 5.78. The van der Waals surface area contributed by atoms with Crippen molar-refractivity contribution in [2.24, 2.45) is 11.0 Å². The fourth-order valence-corrected chi connectivity index (χ4v) is 1.46. The lowest BCUT2D eigenvalue weighted by Crippen LogP contribution is -2.25. The summed E-state index contributed by atoms with van der Waals surface area (Å²) in [6, 6.07) is 5.87. The van der Waals surface area contributed by atoms with E-state index in [2.05, 4.69) is 10.5 Å². The standard InChI is InChI=1S/C14H20N2O2/c1-10(2)8-15-16-13(17)9-18-14-11(3)6-5-7-12(14)4/h5-8,10H,9H2,1-4H3,(H,16,17). The molecule has 0 unspecified atom stereocenters. The summed E-state index contributed by atoms with van der Waals surface area (Å²) in [5, 5.41) is 3.82. The second-order valence-electron chi connectivity index (χ2n) is 4.57. The van der Waals surface area contributed by atoms with Gasteiger partial charge in [-0.05, 0) is 30.9 Å². The summed E-state index contributed by atoms with van der Waals surface area (Å²) in [5.41, 5.74) is 4.47. The van der Waals surface area contributed by atoms with E-state index in [0.717, 1.165) is 16.9 Å². The monoisotopic (exact) mass is 248 g/mol. The van der Waals surface area contributed by atoms with Gasteiger partial charge in [0.05, 0.1) is 0 Å². The largest absolute Gasteiger partial charge is 0.483 e. The van der Waals surface area contributed by atoms with Crippen LogP contribution in [0.4, 0.5) is 0 Å². The molecule has 0 bridgehead atoms. The number of rotatable bonds is 5. The number of carbonyl (C=O) groups excluding carboxylic acids is 1. The van der Waals surface area contributed by atoms with E-state index in [1.807, 2.05) is 45.9 Å². The Kier molecular flexibility index (Phi) is 5.36. The third kappa shape index (κ3) is 4.57. The zero-order valence-corrected chi connectivity index (χ0v) is 11.4. The van der Waals surface area contributed by atoms with Crippen LogP contribution in [0.3, 0.4) is 0 Å². The lowest BCUT2D eigenvalue weighted by molar-refractivity contribution is -0.123. The maximum atomic E-state index is 11.5. The number of nitrogens with one attached hydrogen (secondary N) is 1. The van der Waals surface area contributed by atoms with Gasteiger partial charge in [0.25, 0.3) is 5.91 Å². The van der Waals surface area contributed by atoms with Gasteiger partial charge in [-0.1, -0.05) is 32.0 Å². The predicted octanol–water partition coefficient (Wildman–Crippen LogP) is 2.44. The Bertz CT molecular complexity index is 419. The maximum Gasteiger partial charge on any atom is 0.277 e. The molecule has 0 saturated carbocycles. The van der Waals surface area contributed by atoms with Crippen molar-refractivity contribution >= 4 is 12.1 Å². The van der Waals surface area contributed by atoms with Crippen LogP contribution in [-0.4, -0.2) is 18.7 Å². The van der Waals surface area contributed by atoms with E-state index >= 15 is 0 Å². The van der Waals surface area contributed by atoms with Crippen molar-refractivity contribution in [3.63, 3.8) is 0 Å². The number of aryl methyl sites for hydroxylation is 2. The Labute approximate surface area is 108 Å². The number of para-hydroxylation sites is 1. The number of hydrazone groups is 1. The Morgan fingerprint density at radius 1 is 1.39 bits per heavy atom. The minimum atomic E-state index is -0.255. The predicted molar refractivity (Wildman–Crippen MR) is 72.9 cm³/mol. The number of carbonyl (C=O) groups is 1. The molecule has 1 aromatic carbocycles. The Hall–Kier alpha value is -1.84. The number of ether oxygens (including phenoxy) is 1. The van der Waals surface area contributed by atoms with E-state index in [1.54, 1.807) is 6.21 Å². The molecule has 1 N–H and O–H groups in total. The van der Waals surface area contributed by atoms with Gasteiger partial charge in [0.1, 0.15) is 5.75 Å². The lowest BCUT2D eigenvalue weighted by Gasteiger charge is -2.10. The molecule has 1 amide bonds. The molecule has 0 spiro atoms. The summed E-state index contributed by atoms with van der Waals surface area (Å²) in [6.07, 6.45) is 1.68. The first-order chi connectivity index (χ1) is 8.50. The van der Waals surface area contributed by atoms with Crippen molar-refractivity contribution < 1.29 is 9.53 Å². The molecule has 1 rings (SSSR count). The first-order valence-electron chi connectivity index (χ1n) is 6.01. The summed E-state index contributed by atoms with van der Waals surface area (Å²) in [5.74, 6) is 0.819. The van der Waals surface area contributed by atoms with Crippen LogP contribution in [0.25, 0.3) is 0 Å². The quantitative estimate of drug-likeness (QED) is 0.642. The molecule has 1 aromatic rings. The van der Waals surface area contributed by atoms with Gasteiger partial charge in [-0.3, -0.25) is 4.79 Å². The first-order valence-corrected chi connectivity index (χ1v) is 6.01. The van der Waals surface area contributed by atoms with E-state index in [0.29, 0.717) is 5.92 Å². The lowest BCUT2D eigenvalue weighted by atomic mass is 10.1. The summed E-state index contributed by atoms with van der Waals surface area (Å²) >= 11 is 0. The topological polar surface area (TPSA) is 50.7 Å². The number of hydrogen-bond donors (Lipinski definition) is 1. The van der Waals surface area contributed by atoms with Crippen LogP contribution < -0.4 is 10.2 Å². The van der Waals surface area contributed by atoms with Crippen LogP contribution in [-0.2, 0) is 4.79 Å². The number of benzene rings is 1. The summed E-state index contributed by atoms with van der Waals surface area (Å²) < 4.78 is 5.50. The highest BCUT2D eigenvalue weighted by atomic mass is 16.5. The molecular weight excluding hydrogens is 228 g/mol. The fourth-order valence-electron chi connectivity index (χ4n) is 1.46. The van der Waals surface area contributed by atoms with Crippen LogP contribution in [0.15, 0.2) is 23.3 Å². The van der Waals surface area contributed by atoms with E-state index in [9.17, 15) is 4.79 Å². The molecule has 98 valence electrons. The molecule has 0 aliphatic heterocycles. The first kappa shape index (κ1) is 14.2. The molecule has 18 heavy (non-hydrogen) atoms. The maximum absolute atomic E-state index is 11.5. The summed E-state index contributed by atoms with van der Waals surface area (Å²) in [7, 11) is 0. The molecule has 0 aromatic heterocycles. The second-order valence-corrected chi connectivity index (χ2v) is 4.57. The van der Waals surface area contributed by atoms with Crippen molar-refractivity contribution in [3.8, 4) is 5.75 Å². The van der Waals surface area contributed by atoms with Gasteiger partial charge in [-0.15, -0.1) is 0 Å². The normalized spacial score (nSPS) is 10.9. The van der Waals surface area contributed by atoms with Crippen LogP contribution in [0.1, 0.15) is 25.0 Å². The van der Waals surface area contributed by atoms with Crippen LogP contribution >= 0.6 is 0 Å². The molecular formula is C14H20N2O2. The summed E-state index contributed by atoms with van der Waals surface area (Å²) in [6.45, 7) is 7.86. The van der Waals surface area contributed by atoms with Crippen LogP contribution in [0.5, 0.6) is 5.75 Å². The molecule has 0 aliphatic rings. The molecule has 4 heteroatoms. The van der Waals surface area contributed by atoms with Crippen molar-refractivity contribution in [1.29, 1.82) is 0 Å². The van der Waals surface area contributed by atoms with Gasteiger partial charge in [0, 0.05) is 6.21 Å². The minimum Gasteiger partial charge on any atom is -0.483 e. The number of hydrogen-bond acceptors (Lipinski definition) is 3. The molecule has 0 radical (unpaired) electrons. The molecule has 0 atom stereocenters. The van der Waals surface area contributed by atoms with Crippen molar-refractivity contribution in [2.75, 3.05) is 6.61 Å². The van der Waals surface area contributed by atoms with E-state index < -0.39 is 0 Å². The minimum absolute atomic E-state index is 0.0267. The number of amides is 1.